The number of nitrogens with one attached hydrogen (secondary N) is 1. The van der Waals surface area contributed by atoms with Gasteiger partial charge in [-0.25, -0.2) is 4.98 Å². The lowest BCUT2D eigenvalue weighted by Crippen LogP contribution is -2.33. The van der Waals surface area contributed by atoms with Crippen molar-refractivity contribution in [2.45, 2.75) is 45.8 Å². The van der Waals surface area contributed by atoms with Gasteiger partial charge in [0.05, 0.1) is 12.0 Å². The number of amides is 1. The van der Waals surface area contributed by atoms with Crippen LogP contribution in [0, 0.1) is 0 Å². The Labute approximate surface area is 108 Å². The lowest BCUT2D eigenvalue weighted by Gasteiger charge is -2.18. The highest BCUT2D eigenvalue weighted by molar-refractivity contribution is 5.75. The van der Waals surface area contributed by atoms with Crippen LogP contribution in [0.5, 0.6) is 0 Å². The Hall–Kier alpha value is -1.36. The van der Waals surface area contributed by atoms with Crippen molar-refractivity contribution in [1.82, 2.24) is 19.8 Å². The zero-order chi connectivity index (χ0) is 13.0. The highest BCUT2D eigenvalue weighted by Crippen LogP contribution is 2.18. The van der Waals surface area contributed by atoms with Crippen LogP contribution in [0.25, 0.3) is 0 Å². The van der Waals surface area contributed by atoms with E-state index in [0.29, 0.717) is 12.6 Å². The lowest BCUT2D eigenvalue weighted by atomic mass is 10.4. The molecule has 0 saturated heterocycles. The summed E-state index contributed by atoms with van der Waals surface area (Å²) in [6, 6.07) is 0.687. The zero-order valence-electron chi connectivity index (χ0n) is 11.2. The molecular weight excluding hydrogens is 228 g/mol. The summed E-state index contributed by atoms with van der Waals surface area (Å²) >= 11 is 0. The number of carbonyl (C=O) groups is 1. The molecule has 18 heavy (non-hydrogen) atoms. The average Bonchev–Trinajstić information content (AvgIpc) is 3.09. The molecule has 1 saturated carbocycles. The fourth-order valence-corrected chi connectivity index (χ4v) is 1.95. The molecule has 5 heteroatoms. The average molecular weight is 250 g/mol. The first-order valence-corrected chi connectivity index (χ1v) is 6.74. The van der Waals surface area contributed by atoms with Crippen molar-refractivity contribution in [3.05, 3.63) is 18.2 Å². The summed E-state index contributed by atoms with van der Waals surface area (Å²) in [7, 11) is 0. The van der Waals surface area contributed by atoms with Crippen LogP contribution in [0.2, 0.25) is 0 Å². The smallest absolute Gasteiger partial charge is 0.242 e. The Morgan fingerprint density at radius 3 is 2.83 bits per heavy atom. The molecule has 1 aliphatic rings. The highest BCUT2D eigenvalue weighted by Gasteiger charge is 2.20. The van der Waals surface area contributed by atoms with E-state index in [9.17, 15) is 4.79 Å². The van der Waals surface area contributed by atoms with Gasteiger partial charge in [0, 0.05) is 31.9 Å². The molecule has 100 valence electrons. The number of imidazole rings is 1. The Morgan fingerprint density at radius 2 is 2.22 bits per heavy atom. The molecule has 0 unspecified atom stereocenters. The minimum atomic E-state index is 0.152. The van der Waals surface area contributed by atoms with Gasteiger partial charge in [-0.2, -0.15) is 0 Å². The molecule has 0 radical (unpaired) electrons. The Bertz CT molecular complexity index is 393. The monoisotopic (exact) mass is 250 g/mol. The molecule has 1 N–H and O–H groups in total. The minimum absolute atomic E-state index is 0.152. The van der Waals surface area contributed by atoms with E-state index in [-0.39, 0.29) is 5.91 Å². The number of aromatic nitrogens is 2. The van der Waals surface area contributed by atoms with Crippen LogP contribution in [-0.4, -0.2) is 39.5 Å². The van der Waals surface area contributed by atoms with Crippen molar-refractivity contribution in [1.29, 1.82) is 0 Å². The Kier molecular flexibility index (Phi) is 4.36. The van der Waals surface area contributed by atoms with E-state index in [4.69, 9.17) is 0 Å². The maximum absolute atomic E-state index is 11.9. The van der Waals surface area contributed by atoms with Crippen LogP contribution in [0.3, 0.4) is 0 Å². The molecule has 1 fully saturated rings. The standard InChI is InChI=1S/C13H22N4O/c1-3-17(4-2)13(18)9-16-8-12(15-10-16)7-14-11-5-6-11/h8,10-11,14H,3-7,9H2,1-2H3. The van der Waals surface area contributed by atoms with E-state index in [0.717, 1.165) is 25.3 Å². The summed E-state index contributed by atoms with van der Waals surface area (Å²) in [5.74, 6) is 0.152. The van der Waals surface area contributed by atoms with E-state index >= 15 is 0 Å². The van der Waals surface area contributed by atoms with Crippen LogP contribution in [0.1, 0.15) is 32.4 Å². The fraction of sp³-hybridized carbons (Fsp3) is 0.692. The van der Waals surface area contributed by atoms with Crippen molar-refractivity contribution in [2.24, 2.45) is 0 Å². The van der Waals surface area contributed by atoms with Crippen molar-refractivity contribution >= 4 is 5.91 Å². The van der Waals surface area contributed by atoms with Gasteiger partial charge in [0.1, 0.15) is 6.54 Å². The van der Waals surface area contributed by atoms with E-state index < -0.39 is 0 Å². The number of nitrogens with zero attached hydrogens (tertiary/aromatic N) is 3. The number of hydrogen-bond acceptors (Lipinski definition) is 3. The molecule has 1 aliphatic carbocycles. The summed E-state index contributed by atoms with van der Waals surface area (Å²) < 4.78 is 1.87. The number of carbonyl (C=O) groups excluding carboxylic acids is 1. The van der Waals surface area contributed by atoms with E-state index in [1.165, 1.54) is 12.8 Å². The van der Waals surface area contributed by atoms with Crippen LogP contribution in [-0.2, 0) is 17.9 Å². The van der Waals surface area contributed by atoms with Gasteiger partial charge in [0.25, 0.3) is 0 Å². The maximum atomic E-state index is 11.9. The second kappa shape index (κ2) is 6.00. The number of rotatable bonds is 7. The molecule has 1 heterocycles. The summed E-state index contributed by atoms with van der Waals surface area (Å²) in [6.07, 6.45) is 6.25. The van der Waals surface area contributed by atoms with E-state index in [1.54, 1.807) is 6.33 Å². The molecule has 5 nitrogen and oxygen atoms in total. The molecule has 1 aromatic heterocycles. The fourth-order valence-electron chi connectivity index (χ4n) is 1.95. The Balaban J connectivity index is 1.82. The topological polar surface area (TPSA) is 50.2 Å². The van der Waals surface area contributed by atoms with Crippen LogP contribution >= 0.6 is 0 Å². The van der Waals surface area contributed by atoms with Crippen LogP contribution < -0.4 is 5.32 Å². The predicted molar refractivity (Wildman–Crippen MR) is 70.0 cm³/mol. The second-order valence-electron chi connectivity index (χ2n) is 4.76. The van der Waals surface area contributed by atoms with Gasteiger partial charge >= 0.3 is 0 Å². The third-order valence-corrected chi connectivity index (χ3v) is 3.27. The molecule has 0 bridgehead atoms. The van der Waals surface area contributed by atoms with Crippen molar-refractivity contribution < 1.29 is 4.79 Å². The number of likely N-dealkylation sites (N-methyl/N-ethyl adjacent to an activating group) is 1. The predicted octanol–water partition coefficient (Wildman–Crippen LogP) is 1.00. The first kappa shape index (κ1) is 13.1. The second-order valence-corrected chi connectivity index (χ2v) is 4.76. The highest BCUT2D eigenvalue weighted by atomic mass is 16.2. The van der Waals surface area contributed by atoms with Gasteiger partial charge in [-0.3, -0.25) is 4.79 Å². The molecule has 0 aromatic carbocycles. The summed E-state index contributed by atoms with van der Waals surface area (Å²) in [4.78, 5) is 18.1. The quantitative estimate of drug-likeness (QED) is 0.785. The lowest BCUT2D eigenvalue weighted by molar-refractivity contribution is -0.131. The Morgan fingerprint density at radius 1 is 1.50 bits per heavy atom. The summed E-state index contributed by atoms with van der Waals surface area (Å²) in [6.45, 7) is 6.72. The summed E-state index contributed by atoms with van der Waals surface area (Å²) in [5, 5.41) is 3.41. The van der Waals surface area contributed by atoms with Crippen LogP contribution in [0.15, 0.2) is 12.5 Å². The van der Waals surface area contributed by atoms with Gasteiger partial charge < -0.3 is 14.8 Å². The van der Waals surface area contributed by atoms with Gasteiger partial charge in [0.15, 0.2) is 0 Å². The largest absolute Gasteiger partial charge is 0.342 e. The first-order valence-electron chi connectivity index (χ1n) is 6.74. The SMILES string of the molecule is CCN(CC)C(=O)Cn1cnc(CNC2CC2)c1. The molecule has 0 spiro atoms. The normalized spacial score (nSPS) is 14.8. The third kappa shape index (κ3) is 3.57. The van der Waals surface area contributed by atoms with E-state index in [1.807, 2.05) is 29.5 Å². The van der Waals surface area contributed by atoms with Gasteiger partial charge in [-0.1, -0.05) is 0 Å². The third-order valence-electron chi connectivity index (χ3n) is 3.27. The van der Waals surface area contributed by atoms with Crippen LogP contribution in [0.4, 0.5) is 0 Å². The maximum Gasteiger partial charge on any atom is 0.242 e. The molecule has 1 aromatic rings. The molecule has 1 amide bonds. The van der Waals surface area contributed by atoms with Gasteiger partial charge in [-0.05, 0) is 26.7 Å². The zero-order valence-corrected chi connectivity index (χ0v) is 11.2. The minimum Gasteiger partial charge on any atom is -0.342 e. The molecule has 0 aliphatic heterocycles. The van der Waals surface area contributed by atoms with Gasteiger partial charge in [0.2, 0.25) is 5.91 Å². The number of hydrogen-bond donors (Lipinski definition) is 1. The molecular formula is C13H22N4O. The van der Waals surface area contributed by atoms with Gasteiger partial charge in [-0.15, -0.1) is 0 Å². The van der Waals surface area contributed by atoms with Crippen molar-refractivity contribution in [3.63, 3.8) is 0 Å². The first-order chi connectivity index (χ1) is 8.72. The van der Waals surface area contributed by atoms with Crippen molar-refractivity contribution in [3.8, 4) is 0 Å². The molecule has 2 rings (SSSR count). The van der Waals surface area contributed by atoms with E-state index in [2.05, 4.69) is 10.3 Å². The van der Waals surface area contributed by atoms with Crippen molar-refractivity contribution in [2.75, 3.05) is 13.1 Å². The molecule has 0 atom stereocenters. The summed E-state index contributed by atoms with van der Waals surface area (Å²) in [5.41, 5.74) is 1.01.